The molecule has 1 aromatic carbocycles. The molecule has 2 aliphatic rings. The summed E-state index contributed by atoms with van der Waals surface area (Å²) in [5, 5.41) is 11.0. The van der Waals surface area contributed by atoms with Gasteiger partial charge in [-0.1, -0.05) is 12.1 Å². The molecule has 2 aromatic heterocycles. The minimum atomic E-state index is -0.0662. The van der Waals surface area contributed by atoms with Gasteiger partial charge in [0.15, 0.2) is 0 Å². The van der Waals surface area contributed by atoms with Crippen LogP contribution in [0.3, 0.4) is 0 Å². The van der Waals surface area contributed by atoms with E-state index in [4.69, 9.17) is 9.72 Å². The molecule has 1 saturated heterocycles. The Morgan fingerprint density at radius 2 is 2.04 bits per heavy atom. The van der Waals surface area contributed by atoms with Crippen LogP contribution >= 0.6 is 0 Å². The zero-order chi connectivity index (χ0) is 18.4. The Morgan fingerprint density at radius 1 is 1.19 bits per heavy atom. The first-order valence-electron chi connectivity index (χ1n) is 9.26. The Balaban J connectivity index is 1.70. The minimum absolute atomic E-state index is 0.00585. The summed E-state index contributed by atoms with van der Waals surface area (Å²) in [4.78, 5) is 19.6. The van der Waals surface area contributed by atoms with E-state index in [-0.39, 0.29) is 11.8 Å². The molecule has 1 amide bonds. The molecular weight excluding hydrogens is 342 g/mol. The second-order valence-corrected chi connectivity index (χ2v) is 7.20. The molecule has 138 valence electrons. The monoisotopic (exact) mass is 363 g/mol. The van der Waals surface area contributed by atoms with Crippen molar-refractivity contribution < 1.29 is 9.53 Å². The highest BCUT2D eigenvalue weighted by Crippen LogP contribution is 2.40. The number of ether oxygens (including phenoxy) is 1. The lowest BCUT2D eigenvalue weighted by Gasteiger charge is -2.32. The van der Waals surface area contributed by atoms with Crippen LogP contribution in [0.2, 0.25) is 0 Å². The maximum absolute atomic E-state index is 12.3. The van der Waals surface area contributed by atoms with Gasteiger partial charge in [-0.05, 0) is 24.6 Å². The zero-order valence-electron chi connectivity index (χ0n) is 15.2. The van der Waals surface area contributed by atoms with Crippen LogP contribution in [0.25, 0.3) is 10.9 Å². The number of aromatic nitrogens is 3. The summed E-state index contributed by atoms with van der Waals surface area (Å²) in [6.45, 7) is 5.06. The van der Waals surface area contributed by atoms with Crippen molar-refractivity contribution in [2.45, 2.75) is 19.3 Å². The van der Waals surface area contributed by atoms with Gasteiger partial charge in [0.05, 0.1) is 24.9 Å². The highest BCUT2D eigenvalue weighted by molar-refractivity contribution is 5.95. The second-order valence-electron chi connectivity index (χ2n) is 7.20. The SMILES string of the molecule is Cc1ccc2cc(C3CC(=O)Nc4[nH]ncc43)c(N3CCOCC3)nc2c1. The van der Waals surface area contributed by atoms with E-state index in [9.17, 15) is 4.79 Å². The number of aromatic amines is 1. The molecule has 1 unspecified atom stereocenters. The molecule has 1 fully saturated rings. The summed E-state index contributed by atoms with van der Waals surface area (Å²) in [6, 6.07) is 8.50. The van der Waals surface area contributed by atoms with Gasteiger partial charge in [0.1, 0.15) is 11.6 Å². The van der Waals surface area contributed by atoms with E-state index < -0.39 is 0 Å². The number of H-pyrrole nitrogens is 1. The van der Waals surface area contributed by atoms with Crippen LogP contribution in [0.4, 0.5) is 11.6 Å². The molecule has 7 heteroatoms. The average molecular weight is 363 g/mol. The van der Waals surface area contributed by atoms with Crippen molar-refractivity contribution in [3.05, 3.63) is 47.2 Å². The first kappa shape index (κ1) is 16.3. The third-order valence-electron chi connectivity index (χ3n) is 5.37. The van der Waals surface area contributed by atoms with Gasteiger partial charge in [-0.3, -0.25) is 9.89 Å². The van der Waals surface area contributed by atoms with Gasteiger partial charge in [-0.15, -0.1) is 0 Å². The van der Waals surface area contributed by atoms with Crippen LogP contribution in [-0.2, 0) is 9.53 Å². The molecular formula is C20H21N5O2. The van der Waals surface area contributed by atoms with Crippen LogP contribution in [0.15, 0.2) is 30.5 Å². The number of pyridine rings is 1. The predicted octanol–water partition coefficient (Wildman–Crippen LogP) is 2.58. The van der Waals surface area contributed by atoms with Gasteiger partial charge in [0.25, 0.3) is 0 Å². The third kappa shape index (κ3) is 2.84. The first-order valence-corrected chi connectivity index (χ1v) is 9.26. The zero-order valence-corrected chi connectivity index (χ0v) is 15.2. The predicted molar refractivity (Wildman–Crippen MR) is 103 cm³/mol. The lowest BCUT2D eigenvalue weighted by atomic mass is 9.86. The van der Waals surface area contributed by atoms with Gasteiger partial charge in [-0.2, -0.15) is 5.10 Å². The van der Waals surface area contributed by atoms with Crippen LogP contribution in [0.1, 0.15) is 29.0 Å². The van der Waals surface area contributed by atoms with Crippen molar-refractivity contribution in [1.82, 2.24) is 15.2 Å². The smallest absolute Gasteiger partial charge is 0.226 e. The van der Waals surface area contributed by atoms with E-state index in [0.717, 1.165) is 40.9 Å². The van der Waals surface area contributed by atoms with Gasteiger partial charge in [0, 0.05) is 41.9 Å². The molecule has 7 nitrogen and oxygen atoms in total. The lowest BCUT2D eigenvalue weighted by Crippen LogP contribution is -2.38. The number of benzene rings is 1. The van der Waals surface area contributed by atoms with Crippen molar-refractivity contribution in [2.24, 2.45) is 0 Å². The molecule has 2 N–H and O–H groups in total. The summed E-state index contributed by atoms with van der Waals surface area (Å²) in [6.07, 6.45) is 2.20. The molecule has 0 spiro atoms. The van der Waals surface area contributed by atoms with Gasteiger partial charge < -0.3 is 15.0 Å². The Labute approximate surface area is 156 Å². The maximum atomic E-state index is 12.3. The highest BCUT2D eigenvalue weighted by atomic mass is 16.5. The molecule has 0 radical (unpaired) electrons. The molecule has 0 aliphatic carbocycles. The summed E-state index contributed by atoms with van der Waals surface area (Å²) in [5.41, 5.74) is 4.25. The molecule has 4 heterocycles. The van der Waals surface area contributed by atoms with E-state index >= 15 is 0 Å². The molecule has 3 aromatic rings. The van der Waals surface area contributed by atoms with Crippen molar-refractivity contribution in [3.63, 3.8) is 0 Å². The number of hydrogen-bond acceptors (Lipinski definition) is 5. The number of nitrogens with one attached hydrogen (secondary N) is 2. The number of morpholine rings is 1. The maximum Gasteiger partial charge on any atom is 0.226 e. The Morgan fingerprint density at radius 3 is 2.89 bits per heavy atom. The van der Waals surface area contributed by atoms with Crippen molar-refractivity contribution in [2.75, 3.05) is 36.5 Å². The molecule has 2 aliphatic heterocycles. The quantitative estimate of drug-likeness (QED) is 0.731. The molecule has 1 atom stereocenters. The van der Waals surface area contributed by atoms with Crippen molar-refractivity contribution >= 4 is 28.4 Å². The van der Waals surface area contributed by atoms with E-state index in [1.54, 1.807) is 0 Å². The van der Waals surface area contributed by atoms with Gasteiger partial charge >= 0.3 is 0 Å². The number of anilines is 2. The fourth-order valence-electron chi connectivity index (χ4n) is 3.99. The minimum Gasteiger partial charge on any atom is -0.378 e. The number of carbonyl (C=O) groups excluding carboxylic acids is 1. The number of carbonyl (C=O) groups is 1. The van der Waals surface area contributed by atoms with Crippen molar-refractivity contribution in [3.8, 4) is 0 Å². The fraction of sp³-hybridized carbons (Fsp3) is 0.350. The largest absolute Gasteiger partial charge is 0.378 e. The summed E-state index contributed by atoms with van der Waals surface area (Å²) in [7, 11) is 0. The van der Waals surface area contributed by atoms with E-state index in [1.807, 2.05) is 6.20 Å². The Kier molecular flexibility index (Phi) is 3.82. The van der Waals surface area contributed by atoms with Gasteiger partial charge in [-0.25, -0.2) is 4.98 Å². The number of hydrogen-bond donors (Lipinski definition) is 2. The average Bonchev–Trinajstić information content (AvgIpc) is 3.15. The number of aryl methyl sites for hydroxylation is 1. The Hall–Kier alpha value is -2.93. The second kappa shape index (κ2) is 6.35. The Bertz CT molecular complexity index is 1020. The number of nitrogens with zero attached hydrogens (tertiary/aromatic N) is 3. The van der Waals surface area contributed by atoms with E-state index in [0.29, 0.717) is 25.5 Å². The fourth-order valence-corrected chi connectivity index (χ4v) is 3.99. The standard InChI is InChI=1S/C20H21N5O2/c1-12-2-3-13-9-15(14-10-18(26)23-19-16(14)11-21-24-19)20(22-17(13)8-12)25-4-6-27-7-5-25/h2-3,8-9,11,14H,4-7,10H2,1H3,(H2,21,23,24,26). The summed E-state index contributed by atoms with van der Waals surface area (Å²) in [5.74, 6) is 1.56. The van der Waals surface area contributed by atoms with E-state index in [1.165, 1.54) is 5.56 Å². The van der Waals surface area contributed by atoms with E-state index in [2.05, 4.69) is 51.6 Å². The molecule has 5 rings (SSSR count). The van der Waals surface area contributed by atoms with Crippen LogP contribution < -0.4 is 10.2 Å². The number of amides is 1. The normalized spacial score (nSPS) is 19.8. The molecule has 0 saturated carbocycles. The van der Waals surface area contributed by atoms with Crippen LogP contribution in [0, 0.1) is 6.92 Å². The van der Waals surface area contributed by atoms with Gasteiger partial charge in [0.2, 0.25) is 5.91 Å². The third-order valence-corrected chi connectivity index (χ3v) is 5.37. The number of rotatable bonds is 2. The number of fused-ring (bicyclic) bond motifs is 2. The van der Waals surface area contributed by atoms with Crippen LogP contribution in [0.5, 0.6) is 0 Å². The summed E-state index contributed by atoms with van der Waals surface area (Å²) >= 11 is 0. The molecule has 0 bridgehead atoms. The summed E-state index contributed by atoms with van der Waals surface area (Å²) < 4.78 is 5.53. The first-order chi connectivity index (χ1) is 13.2. The van der Waals surface area contributed by atoms with Crippen molar-refractivity contribution in [1.29, 1.82) is 0 Å². The lowest BCUT2D eigenvalue weighted by molar-refractivity contribution is -0.116. The topological polar surface area (TPSA) is 83.1 Å². The van der Waals surface area contributed by atoms with Crippen LogP contribution in [-0.4, -0.2) is 47.4 Å². The molecule has 27 heavy (non-hydrogen) atoms. The highest BCUT2D eigenvalue weighted by Gasteiger charge is 2.32.